The Labute approximate surface area is 101 Å². The van der Waals surface area contributed by atoms with Crippen LogP contribution in [0.3, 0.4) is 0 Å². The lowest BCUT2D eigenvalue weighted by molar-refractivity contribution is -0.119. The monoisotopic (exact) mass is 238 g/mol. The van der Waals surface area contributed by atoms with Crippen LogP contribution in [-0.4, -0.2) is 11.9 Å². The number of halogens is 1. The number of para-hydroxylation sites is 1. The van der Waals surface area contributed by atoms with Gasteiger partial charge in [-0.3, -0.25) is 4.79 Å². The molecule has 0 aromatic heterocycles. The van der Waals surface area contributed by atoms with Crippen molar-refractivity contribution < 1.29 is 9.18 Å². The highest BCUT2D eigenvalue weighted by Gasteiger charge is 2.28. The van der Waals surface area contributed by atoms with Crippen molar-refractivity contribution in [1.29, 1.82) is 0 Å². The molecule has 1 unspecified atom stereocenters. The number of nitrogens with two attached hydrogens (primary N) is 1. The van der Waals surface area contributed by atoms with Crippen LogP contribution >= 0.6 is 0 Å². The van der Waals surface area contributed by atoms with Crippen LogP contribution in [0.25, 0.3) is 0 Å². The van der Waals surface area contributed by atoms with E-state index < -0.39 is 11.9 Å². The van der Waals surface area contributed by atoms with Gasteiger partial charge >= 0.3 is 0 Å². The third-order valence-electron chi connectivity index (χ3n) is 2.69. The van der Waals surface area contributed by atoms with Crippen LogP contribution in [0.5, 0.6) is 0 Å². The highest BCUT2D eigenvalue weighted by atomic mass is 19.1. The molecular weight excluding hydrogens is 219 g/mol. The minimum absolute atomic E-state index is 0.206. The lowest BCUT2D eigenvalue weighted by Gasteiger charge is -2.26. The SMILES string of the molecule is Cc1cccc(F)c1NC(=O)C(N)C(C)(C)C. The van der Waals surface area contributed by atoms with E-state index in [-0.39, 0.29) is 17.0 Å². The first kappa shape index (κ1) is 13.6. The molecule has 0 heterocycles. The van der Waals surface area contributed by atoms with Crippen molar-refractivity contribution in [2.24, 2.45) is 11.1 Å². The number of nitrogens with one attached hydrogen (secondary N) is 1. The number of benzene rings is 1. The topological polar surface area (TPSA) is 55.1 Å². The smallest absolute Gasteiger partial charge is 0.241 e. The Balaban J connectivity index is 2.89. The minimum atomic E-state index is -0.679. The first-order valence-electron chi connectivity index (χ1n) is 5.55. The van der Waals surface area contributed by atoms with Gasteiger partial charge in [-0.25, -0.2) is 4.39 Å². The maximum Gasteiger partial charge on any atom is 0.241 e. The molecule has 3 nitrogen and oxygen atoms in total. The van der Waals surface area contributed by atoms with E-state index in [1.54, 1.807) is 19.1 Å². The number of anilines is 1. The molecule has 0 spiro atoms. The molecule has 0 saturated carbocycles. The molecule has 94 valence electrons. The minimum Gasteiger partial charge on any atom is -0.322 e. The average molecular weight is 238 g/mol. The van der Waals surface area contributed by atoms with Gasteiger partial charge in [-0.1, -0.05) is 32.9 Å². The molecule has 0 radical (unpaired) electrons. The van der Waals surface area contributed by atoms with Crippen molar-refractivity contribution in [2.75, 3.05) is 5.32 Å². The summed E-state index contributed by atoms with van der Waals surface area (Å²) in [6, 6.07) is 3.97. The number of carbonyl (C=O) groups is 1. The Morgan fingerprint density at radius 2 is 2.00 bits per heavy atom. The van der Waals surface area contributed by atoms with E-state index in [4.69, 9.17) is 5.73 Å². The Bertz CT molecular complexity index is 404. The lowest BCUT2D eigenvalue weighted by atomic mass is 9.87. The van der Waals surface area contributed by atoms with Gasteiger partial charge in [0.25, 0.3) is 0 Å². The van der Waals surface area contributed by atoms with Gasteiger partial charge in [-0.15, -0.1) is 0 Å². The van der Waals surface area contributed by atoms with E-state index in [0.717, 1.165) is 0 Å². The molecule has 0 aliphatic heterocycles. The van der Waals surface area contributed by atoms with Crippen LogP contribution in [0.1, 0.15) is 26.3 Å². The van der Waals surface area contributed by atoms with Crippen molar-refractivity contribution in [3.8, 4) is 0 Å². The summed E-state index contributed by atoms with van der Waals surface area (Å²) in [4.78, 5) is 11.9. The molecule has 0 aliphatic carbocycles. The number of aryl methyl sites for hydroxylation is 1. The van der Waals surface area contributed by atoms with E-state index in [1.165, 1.54) is 6.07 Å². The summed E-state index contributed by atoms with van der Waals surface area (Å²) >= 11 is 0. The molecule has 0 fully saturated rings. The fourth-order valence-electron chi connectivity index (χ4n) is 1.38. The Morgan fingerprint density at radius 3 is 2.47 bits per heavy atom. The van der Waals surface area contributed by atoms with Crippen LogP contribution in [0.4, 0.5) is 10.1 Å². The van der Waals surface area contributed by atoms with Gasteiger partial charge in [0.1, 0.15) is 5.82 Å². The van der Waals surface area contributed by atoms with Crippen molar-refractivity contribution in [3.63, 3.8) is 0 Å². The van der Waals surface area contributed by atoms with Crippen molar-refractivity contribution >= 4 is 11.6 Å². The van der Waals surface area contributed by atoms with Crippen LogP contribution in [0.2, 0.25) is 0 Å². The van der Waals surface area contributed by atoms with Crippen LogP contribution in [-0.2, 0) is 4.79 Å². The summed E-state index contributed by atoms with van der Waals surface area (Å²) in [6.07, 6.45) is 0. The van der Waals surface area contributed by atoms with Crippen LogP contribution < -0.4 is 11.1 Å². The van der Waals surface area contributed by atoms with Crippen molar-refractivity contribution in [1.82, 2.24) is 0 Å². The summed E-state index contributed by atoms with van der Waals surface area (Å²) in [5.41, 5.74) is 6.34. The zero-order chi connectivity index (χ0) is 13.2. The van der Waals surface area contributed by atoms with E-state index in [0.29, 0.717) is 5.56 Å². The predicted molar refractivity (Wildman–Crippen MR) is 67.2 cm³/mol. The zero-order valence-electron chi connectivity index (χ0n) is 10.7. The molecule has 17 heavy (non-hydrogen) atoms. The molecule has 0 saturated heterocycles. The molecule has 3 N–H and O–H groups in total. The third-order valence-corrected chi connectivity index (χ3v) is 2.69. The van der Waals surface area contributed by atoms with Gasteiger partial charge in [0.05, 0.1) is 11.7 Å². The Kier molecular flexibility index (Phi) is 3.88. The fraction of sp³-hybridized carbons (Fsp3) is 0.462. The predicted octanol–water partition coefficient (Wildman–Crippen LogP) is 2.45. The Morgan fingerprint density at radius 1 is 1.41 bits per heavy atom. The summed E-state index contributed by atoms with van der Waals surface area (Å²) in [5, 5.41) is 2.55. The molecule has 0 aliphatic rings. The zero-order valence-corrected chi connectivity index (χ0v) is 10.7. The fourth-order valence-corrected chi connectivity index (χ4v) is 1.38. The second-order valence-electron chi connectivity index (χ2n) is 5.26. The number of amides is 1. The molecule has 0 bridgehead atoms. The highest BCUT2D eigenvalue weighted by molar-refractivity contribution is 5.95. The molecule has 1 atom stereocenters. The normalized spacial score (nSPS) is 13.3. The van der Waals surface area contributed by atoms with E-state index in [1.807, 2.05) is 20.8 Å². The summed E-state index contributed by atoms with van der Waals surface area (Å²) in [5.74, 6) is -0.815. The van der Waals surface area contributed by atoms with Gasteiger partial charge in [0, 0.05) is 0 Å². The molecule has 1 aromatic rings. The standard InChI is InChI=1S/C13H19FN2O/c1-8-6-5-7-9(14)10(8)16-12(17)11(15)13(2,3)4/h5-7,11H,15H2,1-4H3,(H,16,17). The van der Waals surface area contributed by atoms with E-state index in [9.17, 15) is 9.18 Å². The number of carbonyl (C=O) groups excluding carboxylic acids is 1. The van der Waals surface area contributed by atoms with Gasteiger partial charge < -0.3 is 11.1 Å². The molecule has 1 aromatic carbocycles. The van der Waals surface area contributed by atoms with Gasteiger partial charge in [0.2, 0.25) is 5.91 Å². The van der Waals surface area contributed by atoms with Crippen LogP contribution in [0, 0.1) is 18.2 Å². The second kappa shape index (κ2) is 4.84. The third kappa shape index (κ3) is 3.27. The summed E-state index contributed by atoms with van der Waals surface area (Å²) < 4.78 is 13.5. The van der Waals surface area contributed by atoms with Gasteiger partial charge in [-0.05, 0) is 24.0 Å². The Hall–Kier alpha value is -1.42. The van der Waals surface area contributed by atoms with Crippen molar-refractivity contribution in [2.45, 2.75) is 33.7 Å². The summed E-state index contributed by atoms with van der Waals surface area (Å²) in [7, 11) is 0. The van der Waals surface area contributed by atoms with Crippen molar-refractivity contribution in [3.05, 3.63) is 29.6 Å². The van der Waals surface area contributed by atoms with E-state index in [2.05, 4.69) is 5.32 Å². The molecule has 4 heteroatoms. The maximum atomic E-state index is 13.5. The number of hydrogen-bond donors (Lipinski definition) is 2. The first-order chi connectivity index (χ1) is 7.73. The summed E-state index contributed by atoms with van der Waals surface area (Å²) in [6.45, 7) is 7.34. The molecule has 1 rings (SSSR count). The van der Waals surface area contributed by atoms with E-state index >= 15 is 0 Å². The number of hydrogen-bond acceptors (Lipinski definition) is 2. The second-order valence-corrected chi connectivity index (χ2v) is 5.26. The van der Waals surface area contributed by atoms with Gasteiger partial charge in [0.15, 0.2) is 0 Å². The molecular formula is C13H19FN2O. The van der Waals surface area contributed by atoms with Crippen LogP contribution in [0.15, 0.2) is 18.2 Å². The van der Waals surface area contributed by atoms with Gasteiger partial charge in [-0.2, -0.15) is 0 Å². The average Bonchev–Trinajstić information content (AvgIpc) is 2.21. The molecule has 1 amide bonds. The highest BCUT2D eigenvalue weighted by Crippen LogP contribution is 2.22. The maximum absolute atomic E-state index is 13.5. The largest absolute Gasteiger partial charge is 0.322 e. The number of rotatable bonds is 2. The first-order valence-corrected chi connectivity index (χ1v) is 5.55. The lowest BCUT2D eigenvalue weighted by Crippen LogP contribution is -2.45. The quantitative estimate of drug-likeness (QED) is 0.831.